The van der Waals surface area contributed by atoms with Crippen LogP contribution in [0.1, 0.15) is 78.6 Å². The van der Waals surface area contributed by atoms with Crippen LogP contribution in [-0.4, -0.2) is 34.1 Å². The zero-order valence-electron chi connectivity index (χ0n) is 15.7. The number of amides is 1. The van der Waals surface area contributed by atoms with Gasteiger partial charge < -0.3 is 15.5 Å². The summed E-state index contributed by atoms with van der Waals surface area (Å²) < 4.78 is 0. The number of carbonyl (C=O) groups excluding carboxylic acids is 1. The predicted molar refractivity (Wildman–Crippen MR) is 95.2 cm³/mol. The third-order valence-electron chi connectivity index (χ3n) is 5.40. The molecule has 0 aliphatic heterocycles. The molecule has 0 aromatic rings. The molecule has 1 fully saturated rings. The van der Waals surface area contributed by atoms with Crippen LogP contribution in [-0.2, 0) is 14.4 Å². The molecule has 144 valence electrons. The van der Waals surface area contributed by atoms with Crippen LogP contribution < -0.4 is 5.32 Å². The van der Waals surface area contributed by atoms with Crippen molar-refractivity contribution in [2.75, 3.05) is 0 Å². The molecule has 0 heterocycles. The third kappa shape index (κ3) is 7.45. The second-order valence-corrected chi connectivity index (χ2v) is 8.13. The summed E-state index contributed by atoms with van der Waals surface area (Å²) in [5.74, 6) is -1.12. The minimum absolute atomic E-state index is 0.0929. The van der Waals surface area contributed by atoms with E-state index < -0.39 is 23.4 Å². The molecule has 0 spiro atoms. The number of carboxylic acids is 2. The maximum Gasteiger partial charge on any atom is 0.326 e. The highest BCUT2D eigenvalue weighted by Crippen LogP contribution is 2.40. The molecule has 1 aliphatic carbocycles. The van der Waals surface area contributed by atoms with Gasteiger partial charge in [0.15, 0.2) is 0 Å². The van der Waals surface area contributed by atoms with Gasteiger partial charge in [-0.2, -0.15) is 0 Å². The second-order valence-electron chi connectivity index (χ2n) is 8.13. The summed E-state index contributed by atoms with van der Waals surface area (Å²) in [6, 6.07) is -1.14. The third-order valence-corrected chi connectivity index (χ3v) is 5.40. The fourth-order valence-electron chi connectivity index (χ4n) is 3.50. The van der Waals surface area contributed by atoms with Crippen molar-refractivity contribution < 1.29 is 24.6 Å². The molecule has 1 saturated carbocycles. The van der Waals surface area contributed by atoms with E-state index in [4.69, 9.17) is 5.11 Å². The van der Waals surface area contributed by atoms with Gasteiger partial charge in [-0.3, -0.25) is 9.59 Å². The number of rotatable bonds is 10. The lowest BCUT2D eigenvalue weighted by Gasteiger charge is -2.37. The average molecular weight is 355 g/mol. The summed E-state index contributed by atoms with van der Waals surface area (Å²) in [7, 11) is 0. The number of carbonyl (C=O) groups is 3. The molecular formula is C19H33NO5. The van der Waals surface area contributed by atoms with Crippen LogP contribution in [0.3, 0.4) is 0 Å². The highest BCUT2D eigenvalue weighted by molar-refractivity contribution is 5.87. The fraction of sp³-hybridized carbons (Fsp3) is 0.842. The van der Waals surface area contributed by atoms with E-state index in [1.54, 1.807) is 0 Å². The maximum absolute atomic E-state index is 12.6. The molecule has 1 aliphatic rings. The van der Waals surface area contributed by atoms with Gasteiger partial charge in [-0.25, -0.2) is 4.79 Å². The zero-order valence-corrected chi connectivity index (χ0v) is 15.7. The summed E-state index contributed by atoms with van der Waals surface area (Å²) in [5, 5.41) is 20.5. The SMILES string of the molecule is CC(C)CCC[C@H]1CC[C@@](C)(C(=O)N[C@@H](CCC(=O)O)C(=O)O)CC1. The van der Waals surface area contributed by atoms with Crippen molar-refractivity contribution in [1.29, 1.82) is 0 Å². The molecule has 1 atom stereocenters. The van der Waals surface area contributed by atoms with Gasteiger partial charge in [0.05, 0.1) is 0 Å². The quantitative estimate of drug-likeness (QED) is 0.557. The van der Waals surface area contributed by atoms with Crippen molar-refractivity contribution in [3.8, 4) is 0 Å². The topological polar surface area (TPSA) is 104 Å². The van der Waals surface area contributed by atoms with E-state index in [1.807, 2.05) is 6.92 Å². The number of hydrogen-bond acceptors (Lipinski definition) is 3. The molecule has 0 aromatic heterocycles. The number of nitrogens with one attached hydrogen (secondary N) is 1. The van der Waals surface area contributed by atoms with Crippen LogP contribution in [0.2, 0.25) is 0 Å². The first-order valence-electron chi connectivity index (χ1n) is 9.39. The Morgan fingerprint density at radius 3 is 2.20 bits per heavy atom. The molecule has 0 bridgehead atoms. The van der Waals surface area contributed by atoms with Gasteiger partial charge >= 0.3 is 11.9 Å². The lowest BCUT2D eigenvalue weighted by atomic mass is 9.70. The average Bonchev–Trinajstić information content (AvgIpc) is 2.52. The minimum Gasteiger partial charge on any atom is -0.481 e. The lowest BCUT2D eigenvalue weighted by Crippen LogP contribution is -2.48. The molecular weight excluding hydrogens is 322 g/mol. The van der Waals surface area contributed by atoms with E-state index in [-0.39, 0.29) is 18.7 Å². The summed E-state index contributed by atoms with van der Waals surface area (Å²) in [6.07, 6.45) is 6.80. The number of carboxylic acid groups (broad SMARTS) is 2. The molecule has 0 aromatic carbocycles. The van der Waals surface area contributed by atoms with Crippen molar-refractivity contribution in [1.82, 2.24) is 5.32 Å². The Morgan fingerprint density at radius 1 is 1.12 bits per heavy atom. The molecule has 6 nitrogen and oxygen atoms in total. The van der Waals surface area contributed by atoms with Crippen LogP contribution in [0.15, 0.2) is 0 Å². The van der Waals surface area contributed by atoms with E-state index in [2.05, 4.69) is 19.2 Å². The lowest BCUT2D eigenvalue weighted by molar-refractivity contribution is -0.145. The molecule has 0 saturated heterocycles. The molecule has 0 unspecified atom stereocenters. The van der Waals surface area contributed by atoms with Gasteiger partial charge in [-0.05, 0) is 43.9 Å². The van der Waals surface area contributed by atoms with E-state index in [1.165, 1.54) is 19.3 Å². The fourth-order valence-corrected chi connectivity index (χ4v) is 3.50. The van der Waals surface area contributed by atoms with Crippen LogP contribution in [0, 0.1) is 17.3 Å². The molecule has 1 amide bonds. The first-order chi connectivity index (χ1) is 11.6. The van der Waals surface area contributed by atoms with Crippen LogP contribution in [0.25, 0.3) is 0 Å². The normalized spacial score (nSPS) is 24.7. The summed E-state index contributed by atoms with van der Waals surface area (Å²) in [5.41, 5.74) is -0.550. The van der Waals surface area contributed by atoms with Crippen LogP contribution >= 0.6 is 0 Å². The number of hydrogen-bond donors (Lipinski definition) is 3. The first kappa shape index (κ1) is 21.5. The summed E-state index contributed by atoms with van der Waals surface area (Å²) >= 11 is 0. The minimum atomic E-state index is -1.18. The maximum atomic E-state index is 12.6. The second kappa shape index (κ2) is 9.78. The molecule has 1 rings (SSSR count). The van der Waals surface area contributed by atoms with Gasteiger partial charge in [0, 0.05) is 11.8 Å². The van der Waals surface area contributed by atoms with Gasteiger partial charge in [0.25, 0.3) is 0 Å². The van der Waals surface area contributed by atoms with E-state index in [0.717, 1.165) is 31.6 Å². The Labute approximate surface area is 150 Å². The van der Waals surface area contributed by atoms with E-state index in [0.29, 0.717) is 5.92 Å². The van der Waals surface area contributed by atoms with Crippen LogP contribution in [0.4, 0.5) is 0 Å². The highest BCUT2D eigenvalue weighted by atomic mass is 16.4. The van der Waals surface area contributed by atoms with Crippen molar-refractivity contribution in [3.63, 3.8) is 0 Å². The van der Waals surface area contributed by atoms with E-state index >= 15 is 0 Å². The highest BCUT2D eigenvalue weighted by Gasteiger charge is 2.38. The van der Waals surface area contributed by atoms with E-state index in [9.17, 15) is 19.5 Å². The molecule has 0 radical (unpaired) electrons. The predicted octanol–water partition coefficient (Wildman–Crippen LogP) is 3.44. The molecule has 6 heteroatoms. The van der Waals surface area contributed by atoms with Gasteiger partial charge in [0.2, 0.25) is 5.91 Å². The van der Waals surface area contributed by atoms with Crippen LogP contribution in [0.5, 0.6) is 0 Å². The smallest absolute Gasteiger partial charge is 0.326 e. The Morgan fingerprint density at radius 2 is 1.72 bits per heavy atom. The standard InChI is InChI=1S/C19H33NO5/c1-13(2)5-4-6-14-9-11-19(3,12-10-14)18(25)20-15(17(23)24)7-8-16(21)22/h13-15H,4-12H2,1-3H3,(H,20,25)(H,21,22)(H,23,24)/t14-,15-,19+/m0/s1. The van der Waals surface area contributed by atoms with Gasteiger partial charge in [-0.15, -0.1) is 0 Å². The Bertz CT molecular complexity index is 466. The first-order valence-corrected chi connectivity index (χ1v) is 9.39. The largest absolute Gasteiger partial charge is 0.481 e. The Hall–Kier alpha value is -1.59. The van der Waals surface area contributed by atoms with Gasteiger partial charge in [-0.1, -0.05) is 40.0 Å². The van der Waals surface area contributed by atoms with Crippen molar-refractivity contribution in [2.24, 2.45) is 17.3 Å². The molecule has 25 heavy (non-hydrogen) atoms. The van der Waals surface area contributed by atoms with Crippen molar-refractivity contribution in [2.45, 2.75) is 84.6 Å². The van der Waals surface area contributed by atoms with Crippen molar-refractivity contribution in [3.05, 3.63) is 0 Å². The monoisotopic (exact) mass is 355 g/mol. The molecule has 3 N–H and O–H groups in total. The van der Waals surface area contributed by atoms with Gasteiger partial charge in [0.1, 0.15) is 6.04 Å². The summed E-state index contributed by atoms with van der Waals surface area (Å²) in [6.45, 7) is 6.35. The Balaban J connectivity index is 2.49. The zero-order chi connectivity index (χ0) is 19.0. The van der Waals surface area contributed by atoms with Crippen molar-refractivity contribution >= 4 is 17.8 Å². The number of aliphatic carboxylic acids is 2. The Kier molecular flexibility index (Phi) is 8.39. The summed E-state index contributed by atoms with van der Waals surface area (Å²) in [4.78, 5) is 34.5.